The molecule has 4 nitrogen and oxygen atoms in total. The van der Waals surface area contributed by atoms with Gasteiger partial charge in [-0.2, -0.15) is 0 Å². The van der Waals surface area contributed by atoms with Crippen LogP contribution in [0.3, 0.4) is 0 Å². The molecule has 102 valence electrons. The molecule has 0 saturated heterocycles. The van der Waals surface area contributed by atoms with Gasteiger partial charge in [-0.25, -0.2) is 12.8 Å². The molecule has 1 rings (SSSR count). The molecule has 0 atom stereocenters. The van der Waals surface area contributed by atoms with E-state index < -0.39 is 15.8 Å². The Labute approximate surface area is 107 Å². The highest BCUT2D eigenvalue weighted by Gasteiger charge is 2.17. The van der Waals surface area contributed by atoms with Crippen LogP contribution in [0.15, 0.2) is 18.2 Å². The average Bonchev–Trinajstić information content (AvgIpc) is 2.20. The fraction of sp³-hybridized carbons (Fsp3) is 0.500. The van der Waals surface area contributed by atoms with E-state index in [4.69, 9.17) is 5.73 Å². The maximum atomic E-state index is 13.2. The molecule has 6 heteroatoms. The Morgan fingerprint density at radius 2 is 1.94 bits per heavy atom. The van der Waals surface area contributed by atoms with Crippen LogP contribution >= 0.6 is 0 Å². The van der Waals surface area contributed by atoms with Gasteiger partial charge in [-0.05, 0) is 24.0 Å². The Hall–Kier alpha value is -1.30. The second kappa shape index (κ2) is 5.14. The number of hydrogen-bond donors (Lipinski definition) is 2. The molecule has 1 aromatic carbocycles. The highest BCUT2D eigenvalue weighted by molar-refractivity contribution is 7.92. The van der Waals surface area contributed by atoms with Gasteiger partial charge in [-0.3, -0.25) is 4.72 Å². The molecule has 0 saturated carbocycles. The molecule has 1 aromatic rings. The molecule has 0 unspecified atom stereocenters. The zero-order chi connectivity index (χ0) is 14.0. The lowest BCUT2D eigenvalue weighted by molar-refractivity contribution is 0.397. The van der Waals surface area contributed by atoms with E-state index >= 15 is 0 Å². The summed E-state index contributed by atoms with van der Waals surface area (Å²) < 4.78 is 39.1. The molecule has 0 aliphatic rings. The summed E-state index contributed by atoms with van der Waals surface area (Å²) in [4.78, 5) is 0. The topological polar surface area (TPSA) is 72.2 Å². The van der Waals surface area contributed by atoms with Gasteiger partial charge in [-0.1, -0.05) is 20.8 Å². The average molecular weight is 274 g/mol. The van der Waals surface area contributed by atoms with E-state index in [2.05, 4.69) is 4.72 Å². The maximum Gasteiger partial charge on any atom is 0.232 e. The predicted molar refractivity (Wildman–Crippen MR) is 72.3 cm³/mol. The van der Waals surface area contributed by atoms with Gasteiger partial charge in [0.2, 0.25) is 10.0 Å². The van der Waals surface area contributed by atoms with Crippen molar-refractivity contribution in [1.82, 2.24) is 0 Å². The van der Waals surface area contributed by atoms with E-state index in [0.717, 1.165) is 6.07 Å². The van der Waals surface area contributed by atoms with Gasteiger partial charge in [0, 0.05) is 6.07 Å². The third-order valence-electron chi connectivity index (χ3n) is 2.39. The highest BCUT2D eigenvalue weighted by Crippen LogP contribution is 2.21. The summed E-state index contributed by atoms with van der Waals surface area (Å²) in [5, 5.41) is 0. The first-order valence-electron chi connectivity index (χ1n) is 5.65. The summed E-state index contributed by atoms with van der Waals surface area (Å²) in [6.45, 7) is 5.89. The zero-order valence-electron chi connectivity index (χ0n) is 10.8. The quantitative estimate of drug-likeness (QED) is 0.829. The van der Waals surface area contributed by atoms with Gasteiger partial charge < -0.3 is 5.73 Å². The van der Waals surface area contributed by atoms with Gasteiger partial charge in [0.25, 0.3) is 0 Å². The number of nitrogens with one attached hydrogen (secondary N) is 1. The molecular weight excluding hydrogens is 255 g/mol. The molecule has 0 bridgehead atoms. The minimum atomic E-state index is -3.45. The van der Waals surface area contributed by atoms with Crippen LogP contribution < -0.4 is 10.5 Å². The van der Waals surface area contributed by atoms with Crippen molar-refractivity contribution in [2.75, 3.05) is 16.2 Å². The predicted octanol–water partition coefficient (Wildman–Crippen LogP) is 2.59. The fourth-order valence-corrected chi connectivity index (χ4v) is 2.73. The largest absolute Gasteiger partial charge is 0.396 e. The molecule has 0 aliphatic heterocycles. The normalized spacial score (nSPS) is 12.4. The van der Waals surface area contributed by atoms with Gasteiger partial charge in [0.15, 0.2) is 0 Å². The minimum absolute atomic E-state index is 0.00248. The van der Waals surface area contributed by atoms with Crippen molar-refractivity contribution in [1.29, 1.82) is 0 Å². The minimum Gasteiger partial charge on any atom is -0.396 e. The van der Waals surface area contributed by atoms with E-state index in [-0.39, 0.29) is 22.5 Å². The first-order valence-corrected chi connectivity index (χ1v) is 7.30. The Morgan fingerprint density at radius 1 is 1.33 bits per heavy atom. The van der Waals surface area contributed by atoms with Crippen LogP contribution in [-0.2, 0) is 10.0 Å². The molecule has 0 radical (unpaired) electrons. The van der Waals surface area contributed by atoms with Crippen LogP contribution in [0.4, 0.5) is 15.8 Å². The van der Waals surface area contributed by atoms with E-state index in [1.54, 1.807) is 0 Å². The Morgan fingerprint density at radius 3 is 2.44 bits per heavy atom. The molecule has 3 N–H and O–H groups in total. The van der Waals surface area contributed by atoms with Crippen molar-refractivity contribution >= 4 is 21.4 Å². The van der Waals surface area contributed by atoms with Crippen molar-refractivity contribution in [3.05, 3.63) is 24.0 Å². The zero-order valence-corrected chi connectivity index (χ0v) is 11.6. The van der Waals surface area contributed by atoms with Crippen LogP contribution in [-0.4, -0.2) is 14.2 Å². The molecular formula is C12H19FN2O2S. The first-order chi connectivity index (χ1) is 8.09. The number of anilines is 2. The van der Waals surface area contributed by atoms with Crippen LogP contribution in [0.25, 0.3) is 0 Å². The number of hydrogen-bond acceptors (Lipinski definition) is 3. The van der Waals surface area contributed by atoms with E-state index in [0.29, 0.717) is 6.42 Å². The summed E-state index contributed by atoms with van der Waals surface area (Å²) in [7, 11) is -3.45. The van der Waals surface area contributed by atoms with E-state index in [9.17, 15) is 12.8 Å². The number of nitrogens with two attached hydrogens (primary N) is 1. The lowest BCUT2D eigenvalue weighted by Gasteiger charge is -2.18. The monoisotopic (exact) mass is 274 g/mol. The molecule has 0 aliphatic carbocycles. The highest BCUT2D eigenvalue weighted by atomic mass is 32.2. The third-order valence-corrected chi connectivity index (χ3v) is 3.68. The molecule has 0 heterocycles. The number of halogens is 1. The van der Waals surface area contributed by atoms with Crippen molar-refractivity contribution in [3.8, 4) is 0 Å². The van der Waals surface area contributed by atoms with Crippen molar-refractivity contribution in [2.24, 2.45) is 5.41 Å². The lowest BCUT2D eigenvalue weighted by Crippen LogP contribution is -2.21. The number of benzene rings is 1. The molecule has 0 fully saturated rings. The van der Waals surface area contributed by atoms with Gasteiger partial charge in [0.1, 0.15) is 5.82 Å². The number of sulfonamides is 1. The summed E-state index contributed by atoms with van der Waals surface area (Å²) in [5.41, 5.74) is 5.43. The number of nitrogen functional groups attached to an aromatic ring is 1. The van der Waals surface area contributed by atoms with Crippen LogP contribution in [0.2, 0.25) is 0 Å². The smallest absolute Gasteiger partial charge is 0.232 e. The lowest BCUT2D eigenvalue weighted by atomic mass is 9.94. The van der Waals surface area contributed by atoms with Crippen LogP contribution in [0, 0.1) is 11.2 Å². The summed E-state index contributed by atoms with van der Waals surface area (Å²) in [6.07, 6.45) is 0.528. The van der Waals surface area contributed by atoms with Gasteiger partial charge in [0.05, 0.1) is 17.1 Å². The van der Waals surface area contributed by atoms with Gasteiger partial charge >= 0.3 is 0 Å². The second-order valence-corrected chi connectivity index (χ2v) is 7.31. The van der Waals surface area contributed by atoms with Crippen molar-refractivity contribution < 1.29 is 12.8 Å². The first kappa shape index (κ1) is 14.8. The van der Waals surface area contributed by atoms with Crippen molar-refractivity contribution in [3.63, 3.8) is 0 Å². The summed E-state index contributed by atoms with van der Waals surface area (Å²) in [6, 6.07) is 3.84. The van der Waals surface area contributed by atoms with E-state index in [1.165, 1.54) is 12.1 Å². The van der Waals surface area contributed by atoms with Gasteiger partial charge in [-0.15, -0.1) is 0 Å². The second-order valence-electron chi connectivity index (χ2n) is 5.47. The molecule has 0 spiro atoms. The summed E-state index contributed by atoms with van der Waals surface area (Å²) in [5.74, 6) is -0.631. The Kier molecular flexibility index (Phi) is 4.21. The summed E-state index contributed by atoms with van der Waals surface area (Å²) >= 11 is 0. The Bertz CT molecular complexity index is 521. The third kappa shape index (κ3) is 4.91. The maximum absolute atomic E-state index is 13.2. The van der Waals surface area contributed by atoms with Crippen molar-refractivity contribution in [2.45, 2.75) is 27.2 Å². The molecule has 18 heavy (non-hydrogen) atoms. The number of rotatable bonds is 4. The fourth-order valence-electron chi connectivity index (χ4n) is 1.26. The van der Waals surface area contributed by atoms with Crippen LogP contribution in [0.1, 0.15) is 27.2 Å². The molecule has 0 aromatic heterocycles. The van der Waals surface area contributed by atoms with Crippen LogP contribution in [0.5, 0.6) is 0 Å². The molecule has 0 amide bonds. The SMILES string of the molecule is CC(C)(C)CCS(=O)(=O)Nc1ccc(N)c(F)c1. The standard InChI is InChI=1S/C12H19FN2O2S/c1-12(2,3)6-7-18(16,17)15-9-4-5-11(14)10(13)8-9/h4-5,8,15H,6-7,14H2,1-3H3. The van der Waals surface area contributed by atoms with E-state index in [1.807, 2.05) is 20.8 Å². The Balaban J connectivity index is 2.74.